The van der Waals surface area contributed by atoms with E-state index in [4.69, 9.17) is 9.84 Å². The van der Waals surface area contributed by atoms with Crippen LogP contribution in [0.2, 0.25) is 0 Å². The topological polar surface area (TPSA) is 79.5 Å². The number of hydrogen-bond acceptors (Lipinski definition) is 4. The number of fused-ring (bicyclic) bond motifs is 1. The molecule has 0 amide bonds. The molecule has 0 aliphatic rings. The van der Waals surface area contributed by atoms with Crippen LogP contribution in [0.5, 0.6) is 5.75 Å². The molecule has 6 heteroatoms. The van der Waals surface area contributed by atoms with Gasteiger partial charge in [-0.2, -0.15) is 10.4 Å². The van der Waals surface area contributed by atoms with Crippen molar-refractivity contribution in [3.8, 4) is 28.8 Å². The Labute approximate surface area is 185 Å². The molecule has 154 valence electrons. The van der Waals surface area contributed by atoms with Gasteiger partial charge >= 0.3 is 0 Å². The molecule has 0 spiro atoms. The van der Waals surface area contributed by atoms with Crippen LogP contribution in [-0.4, -0.2) is 26.9 Å². The van der Waals surface area contributed by atoms with Gasteiger partial charge in [-0.05, 0) is 42.5 Å². The Hall–Kier alpha value is -4.63. The summed E-state index contributed by atoms with van der Waals surface area (Å²) in [6, 6.07) is 27.6. The summed E-state index contributed by atoms with van der Waals surface area (Å²) in [6.07, 6.45) is 3.74. The maximum Gasteiger partial charge on any atom is 0.149 e. The minimum absolute atomic E-state index is 0.429. The molecule has 32 heavy (non-hydrogen) atoms. The van der Waals surface area contributed by atoms with Crippen LogP contribution in [0.15, 0.2) is 85.1 Å². The van der Waals surface area contributed by atoms with Crippen molar-refractivity contribution in [1.82, 2.24) is 19.7 Å². The number of aromatic nitrogens is 4. The third-order valence-electron chi connectivity index (χ3n) is 5.17. The van der Waals surface area contributed by atoms with Crippen LogP contribution < -0.4 is 4.74 Å². The fourth-order valence-electron chi connectivity index (χ4n) is 3.59. The molecule has 3 aromatic carbocycles. The van der Waals surface area contributed by atoms with Crippen molar-refractivity contribution < 1.29 is 4.74 Å². The normalized spacial score (nSPS) is 11.4. The molecule has 0 aliphatic heterocycles. The lowest BCUT2D eigenvalue weighted by Crippen LogP contribution is -1.94. The largest absolute Gasteiger partial charge is 0.497 e. The van der Waals surface area contributed by atoms with Gasteiger partial charge in [0.2, 0.25) is 0 Å². The number of H-pyrrole nitrogens is 1. The van der Waals surface area contributed by atoms with E-state index in [9.17, 15) is 5.26 Å². The van der Waals surface area contributed by atoms with E-state index in [2.05, 4.69) is 16.0 Å². The molecule has 0 bridgehead atoms. The van der Waals surface area contributed by atoms with Crippen LogP contribution in [0.4, 0.5) is 0 Å². The number of nitriles is 1. The predicted molar refractivity (Wildman–Crippen MR) is 125 cm³/mol. The lowest BCUT2D eigenvalue weighted by molar-refractivity contribution is 0.415. The first-order valence-corrected chi connectivity index (χ1v) is 10.1. The van der Waals surface area contributed by atoms with Crippen LogP contribution in [0.3, 0.4) is 0 Å². The van der Waals surface area contributed by atoms with Gasteiger partial charge in [0.25, 0.3) is 0 Å². The maximum atomic E-state index is 9.91. The van der Waals surface area contributed by atoms with Crippen LogP contribution in [0.25, 0.3) is 39.6 Å². The number of hydrogen-bond donors (Lipinski definition) is 1. The van der Waals surface area contributed by atoms with Gasteiger partial charge in [-0.1, -0.05) is 42.5 Å². The van der Waals surface area contributed by atoms with Crippen LogP contribution in [0.1, 0.15) is 11.4 Å². The lowest BCUT2D eigenvalue weighted by atomic mass is 10.1. The van der Waals surface area contributed by atoms with E-state index >= 15 is 0 Å². The molecule has 0 radical (unpaired) electrons. The zero-order valence-electron chi connectivity index (χ0n) is 17.4. The van der Waals surface area contributed by atoms with Gasteiger partial charge in [-0.25, -0.2) is 9.67 Å². The molecule has 2 aromatic heterocycles. The van der Waals surface area contributed by atoms with Crippen LogP contribution >= 0.6 is 0 Å². The molecule has 0 unspecified atom stereocenters. The number of nitrogens with one attached hydrogen (secondary N) is 1. The van der Waals surface area contributed by atoms with Crippen molar-refractivity contribution >= 4 is 22.7 Å². The minimum atomic E-state index is 0.429. The molecule has 2 heterocycles. The van der Waals surface area contributed by atoms with Crippen LogP contribution in [0, 0.1) is 11.3 Å². The van der Waals surface area contributed by atoms with Gasteiger partial charge < -0.3 is 9.72 Å². The predicted octanol–water partition coefficient (Wildman–Crippen LogP) is 5.49. The van der Waals surface area contributed by atoms with Gasteiger partial charge in [0.05, 0.1) is 29.4 Å². The molecular formula is C26H19N5O. The third kappa shape index (κ3) is 3.64. The highest BCUT2D eigenvalue weighted by molar-refractivity contribution is 5.92. The average molecular weight is 417 g/mol. The average Bonchev–Trinajstić information content (AvgIpc) is 3.47. The number of ether oxygens (including phenoxy) is 1. The van der Waals surface area contributed by atoms with Crippen molar-refractivity contribution in [2.75, 3.05) is 7.11 Å². The SMILES string of the molecule is COc1cccc(-c2nn(-c3ccccc3)cc2C=C(C#N)c2nc3ccccc3[nH]2)c1. The minimum Gasteiger partial charge on any atom is -0.497 e. The number of aromatic amines is 1. The number of nitrogens with zero attached hydrogens (tertiary/aromatic N) is 4. The molecule has 0 saturated heterocycles. The fourth-order valence-corrected chi connectivity index (χ4v) is 3.59. The van der Waals surface area contributed by atoms with Crippen LogP contribution in [-0.2, 0) is 0 Å². The van der Waals surface area contributed by atoms with Gasteiger partial charge in [0.15, 0.2) is 0 Å². The van der Waals surface area contributed by atoms with Gasteiger partial charge in [0, 0.05) is 17.3 Å². The summed E-state index contributed by atoms with van der Waals surface area (Å²) in [5.41, 5.74) is 5.51. The standard InChI is InChI=1S/C26H19N5O/c1-32-22-11-7-8-18(15-22)25-20(17-31(30-25)21-9-3-2-4-10-21)14-19(16-27)26-28-23-12-5-6-13-24(23)29-26/h2-15,17H,1H3,(H,28,29). The number of benzene rings is 3. The Morgan fingerprint density at radius 3 is 2.62 bits per heavy atom. The second-order valence-corrected chi connectivity index (χ2v) is 7.22. The second kappa shape index (κ2) is 8.25. The van der Waals surface area contributed by atoms with Crippen molar-refractivity contribution in [3.63, 3.8) is 0 Å². The lowest BCUT2D eigenvalue weighted by Gasteiger charge is -2.03. The summed E-state index contributed by atoms with van der Waals surface area (Å²) in [4.78, 5) is 7.81. The highest BCUT2D eigenvalue weighted by Crippen LogP contribution is 2.29. The van der Waals surface area contributed by atoms with Crippen molar-refractivity contribution in [2.45, 2.75) is 0 Å². The maximum absolute atomic E-state index is 9.91. The first-order chi connectivity index (χ1) is 15.7. The second-order valence-electron chi connectivity index (χ2n) is 7.22. The van der Waals surface area contributed by atoms with E-state index in [0.29, 0.717) is 11.4 Å². The number of methoxy groups -OCH3 is 1. The Balaban J connectivity index is 1.67. The molecule has 5 aromatic rings. The van der Waals surface area contributed by atoms with E-state index in [-0.39, 0.29) is 0 Å². The number of para-hydroxylation sites is 3. The molecule has 0 atom stereocenters. The van der Waals surface area contributed by atoms with Crippen molar-refractivity contribution in [3.05, 3.63) is 96.4 Å². The summed E-state index contributed by atoms with van der Waals surface area (Å²) < 4.78 is 7.21. The summed E-state index contributed by atoms with van der Waals surface area (Å²) in [7, 11) is 1.64. The van der Waals surface area contributed by atoms with E-state index < -0.39 is 0 Å². The molecule has 6 nitrogen and oxygen atoms in total. The summed E-state index contributed by atoms with van der Waals surface area (Å²) in [6.45, 7) is 0. The van der Waals surface area contributed by atoms with Crippen molar-refractivity contribution in [1.29, 1.82) is 5.26 Å². The smallest absolute Gasteiger partial charge is 0.149 e. The van der Waals surface area contributed by atoms with E-state index in [1.54, 1.807) is 7.11 Å². The van der Waals surface area contributed by atoms with E-state index in [1.165, 1.54) is 0 Å². The van der Waals surface area contributed by atoms with Gasteiger partial charge in [-0.3, -0.25) is 0 Å². The zero-order chi connectivity index (χ0) is 21.9. The summed E-state index contributed by atoms with van der Waals surface area (Å²) in [5.74, 6) is 1.27. The molecular weight excluding hydrogens is 398 g/mol. The molecule has 1 N–H and O–H groups in total. The van der Waals surface area contributed by atoms with E-state index in [0.717, 1.165) is 39.3 Å². The first-order valence-electron chi connectivity index (χ1n) is 10.1. The Kier molecular flexibility index (Phi) is 4.98. The summed E-state index contributed by atoms with van der Waals surface area (Å²) >= 11 is 0. The zero-order valence-corrected chi connectivity index (χ0v) is 17.4. The quantitative estimate of drug-likeness (QED) is 0.384. The Bertz CT molecular complexity index is 1440. The van der Waals surface area contributed by atoms with Gasteiger partial charge in [-0.15, -0.1) is 0 Å². The molecule has 0 fully saturated rings. The highest BCUT2D eigenvalue weighted by Gasteiger charge is 2.15. The van der Waals surface area contributed by atoms with E-state index in [1.807, 2.05) is 95.8 Å². The molecule has 0 saturated carbocycles. The first kappa shape index (κ1) is 19.3. The number of allylic oxidation sites excluding steroid dienone is 1. The fraction of sp³-hybridized carbons (Fsp3) is 0.0385. The molecule has 5 rings (SSSR count). The highest BCUT2D eigenvalue weighted by atomic mass is 16.5. The Morgan fingerprint density at radius 1 is 1.03 bits per heavy atom. The number of imidazole rings is 1. The Morgan fingerprint density at radius 2 is 1.84 bits per heavy atom. The van der Waals surface area contributed by atoms with Gasteiger partial charge in [0.1, 0.15) is 23.3 Å². The third-order valence-corrected chi connectivity index (χ3v) is 5.17. The number of rotatable bonds is 5. The van der Waals surface area contributed by atoms with Crippen molar-refractivity contribution in [2.24, 2.45) is 0 Å². The summed E-state index contributed by atoms with van der Waals surface area (Å²) in [5, 5.41) is 14.7. The molecule has 0 aliphatic carbocycles. The monoisotopic (exact) mass is 417 g/mol.